The van der Waals surface area contributed by atoms with E-state index >= 15 is 0 Å². The van der Waals surface area contributed by atoms with Gasteiger partial charge in [0.05, 0.1) is 0 Å². The second-order valence-electron chi connectivity index (χ2n) is 3.44. The zero-order chi connectivity index (χ0) is 11.9. The van der Waals surface area contributed by atoms with Gasteiger partial charge in [0, 0.05) is 10.7 Å². The number of alkyl halides is 1. The third-order valence-electron chi connectivity index (χ3n) is 2.42. The molecule has 0 aromatic heterocycles. The van der Waals surface area contributed by atoms with Gasteiger partial charge in [0.15, 0.2) is 0 Å². The standard InChI is InChI=1S/C10H7ClFNO3/c11-4-1-2-5-6(3-4)13-9(14)7(5)8(12)10(15)16/h1-3,7-8H,(H,13,14)(H,15,16). The van der Waals surface area contributed by atoms with Crippen molar-refractivity contribution in [1.29, 1.82) is 0 Å². The molecule has 4 nitrogen and oxygen atoms in total. The molecule has 2 unspecified atom stereocenters. The lowest BCUT2D eigenvalue weighted by Gasteiger charge is -2.09. The van der Waals surface area contributed by atoms with Crippen molar-refractivity contribution < 1.29 is 19.1 Å². The van der Waals surface area contributed by atoms with Gasteiger partial charge in [-0.15, -0.1) is 0 Å². The maximum Gasteiger partial charge on any atom is 0.339 e. The monoisotopic (exact) mass is 243 g/mol. The molecule has 1 heterocycles. The minimum atomic E-state index is -2.25. The summed E-state index contributed by atoms with van der Waals surface area (Å²) in [6, 6.07) is 4.40. The predicted octanol–water partition coefficient (Wildman–Crippen LogP) is 1.80. The van der Waals surface area contributed by atoms with Gasteiger partial charge in [-0.25, -0.2) is 9.18 Å². The lowest BCUT2D eigenvalue weighted by molar-refractivity contribution is -0.145. The van der Waals surface area contributed by atoms with Crippen LogP contribution in [0.15, 0.2) is 18.2 Å². The number of anilines is 1. The Balaban J connectivity index is 2.44. The van der Waals surface area contributed by atoms with Crippen LogP contribution in [-0.4, -0.2) is 23.2 Å². The van der Waals surface area contributed by atoms with E-state index in [-0.39, 0.29) is 0 Å². The Morgan fingerprint density at radius 3 is 2.88 bits per heavy atom. The number of fused-ring (bicyclic) bond motifs is 1. The minimum Gasteiger partial charge on any atom is -0.479 e. The summed E-state index contributed by atoms with van der Waals surface area (Å²) >= 11 is 5.70. The van der Waals surface area contributed by atoms with Gasteiger partial charge in [-0.3, -0.25) is 4.79 Å². The van der Waals surface area contributed by atoms with Crippen LogP contribution in [0.4, 0.5) is 10.1 Å². The molecule has 1 aromatic carbocycles. The smallest absolute Gasteiger partial charge is 0.339 e. The molecule has 0 saturated carbocycles. The van der Waals surface area contributed by atoms with Crippen molar-refractivity contribution in [3.05, 3.63) is 28.8 Å². The molecule has 0 saturated heterocycles. The Morgan fingerprint density at radius 2 is 2.25 bits per heavy atom. The van der Waals surface area contributed by atoms with Crippen molar-refractivity contribution >= 4 is 29.2 Å². The van der Waals surface area contributed by atoms with Gasteiger partial charge in [-0.2, -0.15) is 0 Å². The molecule has 2 rings (SSSR count). The molecule has 0 aliphatic carbocycles. The number of hydrogen-bond donors (Lipinski definition) is 2. The quantitative estimate of drug-likeness (QED) is 0.832. The molecule has 1 aliphatic rings. The second-order valence-corrected chi connectivity index (χ2v) is 3.87. The topological polar surface area (TPSA) is 66.4 Å². The van der Waals surface area contributed by atoms with E-state index in [0.717, 1.165) is 0 Å². The first-order chi connectivity index (χ1) is 7.50. The van der Waals surface area contributed by atoms with Crippen molar-refractivity contribution in [2.75, 3.05) is 5.32 Å². The lowest BCUT2D eigenvalue weighted by Crippen LogP contribution is -2.28. The summed E-state index contributed by atoms with van der Waals surface area (Å²) in [5.74, 6) is -3.61. The first kappa shape index (κ1) is 10.9. The van der Waals surface area contributed by atoms with E-state index in [9.17, 15) is 14.0 Å². The van der Waals surface area contributed by atoms with E-state index in [2.05, 4.69) is 5.32 Å². The van der Waals surface area contributed by atoms with Crippen LogP contribution in [0.2, 0.25) is 5.02 Å². The number of carboxylic acid groups (broad SMARTS) is 1. The minimum absolute atomic E-state index is 0.323. The summed E-state index contributed by atoms with van der Waals surface area (Å²) < 4.78 is 13.4. The fourth-order valence-electron chi connectivity index (χ4n) is 1.69. The summed E-state index contributed by atoms with van der Waals surface area (Å²) in [5.41, 5.74) is 0.690. The highest BCUT2D eigenvalue weighted by Crippen LogP contribution is 2.37. The van der Waals surface area contributed by atoms with Crippen molar-refractivity contribution in [3.8, 4) is 0 Å². The summed E-state index contributed by atoms with van der Waals surface area (Å²) in [6.45, 7) is 0. The van der Waals surface area contributed by atoms with Crippen molar-refractivity contribution in [3.63, 3.8) is 0 Å². The molecule has 1 aromatic rings. The van der Waals surface area contributed by atoms with Crippen LogP contribution >= 0.6 is 11.6 Å². The van der Waals surface area contributed by atoms with Crippen LogP contribution in [0.25, 0.3) is 0 Å². The summed E-state index contributed by atoms with van der Waals surface area (Å²) in [4.78, 5) is 22.0. The summed E-state index contributed by atoms with van der Waals surface area (Å²) in [6.07, 6.45) is -2.25. The molecular formula is C10H7ClFNO3. The second kappa shape index (κ2) is 3.75. The zero-order valence-electron chi connectivity index (χ0n) is 7.91. The van der Waals surface area contributed by atoms with Gasteiger partial charge in [0.2, 0.25) is 12.1 Å². The maximum absolute atomic E-state index is 13.4. The van der Waals surface area contributed by atoms with Gasteiger partial charge in [0.1, 0.15) is 5.92 Å². The Bertz CT molecular complexity index is 477. The number of carbonyl (C=O) groups is 2. The average molecular weight is 244 g/mol. The molecule has 0 bridgehead atoms. The number of halogens is 2. The molecule has 0 spiro atoms. The SMILES string of the molecule is O=C(O)C(F)C1C(=O)Nc2cc(Cl)ccc21. The van der Waals surface area contributed by atoms with Gasteiger partial charge in [-0.1, -0.05) is 17.7 Å². The molecule has 2 atom stereocenters. The predicted molar refractivity (Wildman–Crippen MR) is 55.4 cm³/mol. The van der Waals surface area contributed by atoms with E-state index < -0.39 is 24.0 Å². The highest BCUT2D eigenvalue weighted by atomic mass is 35.5. The molecular weight excluding hydrogens is 237 g/mol. The third-order valence-corrected chi connectivity index (χ3v) is 2.65. The van der Waals surface area contributed by atoms with E-state index in [1.54, 1.807) is 0 Å². The Labute approximate surface area is 95.0 Å². The largest absolute Gasteiger partial charge is 0.479 e. The fraction of sp³-hybridized carbons (Fsp3) is 0.200. The molecule has 16 heavy (non-hydrogen) atoms. The zero-order valence-corrected chi connectivity index (χ0v) is 8.66. The molecule has 1 amide bonds. The van der Waals surface area contributed by atoms with E-state index in [4.69, 9.17) is 16.7 Å². The van der Waals surface area contributed by atoms with Crippen LogP contribution in [0.5, 0.6) is 0 Å². The molecule has 6 heteroatoms. The molecule has 84 valence electrons. The van der Waals surface area contributed by atoms with E-state index in [1.165, 1.54) is 18.2 Å². The van der Waals surface area contributed by atoms with Gasteiger partial charge in [-0.05, 0) is 17.7 Å². The van der Waals surface area contributed by atoms with Crippen LogP contribution in [0.3, 0.4) is 0 Å². The van der Waals surface area contributed by atoms with Crippen molar-refractivity contribution in [2.45, 2.75) is 12.1 Å². The number of hydrogen-bond acceptors (Lipinski definition) is 2. The average Bonchev–Trinajstić information content (AvgIpc) is 2.51. The van der Waals surface area contributed by atoms with Crippen molar-refractivity contribution in [1.82, 2.24) is 0 Å². The maximum atomic E-state index is 13.4. The Morgan fingerprint density at radius 1 is 1.56 bits per heavy atom. The lowest BCUT2D eigenvalue weighted by atomic mass is 9.96. The van der Waals surface area contributed by atoms with Gasteiger partial charge in [0.25, 0.3) is 0 Å². The highest BCUT2D eigenvalue weighted by Gasteiger charge is 2.41. The number of rotatable bonds is 2. The van der Waals surface area contributed by atoms with Crippen LogP contribution in [0, 0.1) is 0 Å². The number of nitrogens with one attached hydrogen (secondary N) is 1. The van der Waals surface area contributed by atoms with Gasteiger partial charge >= 0.3 is 5.97 Å². The first-order valence-electron chi connectivity index (χ1n) is 4.48. The molecule has 1 aliphatic heterocycles. The van der Waals surface area contributed by atoms with E-state index in [1.807, 2.05) is 0 Å². The summed E-state index contributed by atoms with van der Waals surface area (Å²) in [7, 11) is 0. The van der Waals surface area contributed by atoms with Crippen LogP contribution in [0.1, 0.15) is 11.5 Å². The molecule has 2 N–H and O–H groups in total. The van der Waals surface area contributed by atoms with E-state index in [0.29, 0.717) is 16.3 Å². The third kappa shape index (κ3) is 1.63. The normalized spacial score (nSPS) is 20.1. The first-order valence-corrected chi connectivity index (χ1v) is 4.85. The number of aliphatic carboxylic acids is 1. The number of carbonyl (C=O) groups excluding carboxylic acids is 1. The Kier molecular flexibility index (Phi) is 2.55. The van der Waals surface area contributed by atoms with Crippen molar-refractivity contribution in [2.24, 2.45) is 0 Å². The highest BCUT2D eigenvalue weighted by molar-refractivity contribution is 6.31. The summed E-state index contributed by atoms with van der Waals surface area (Å²) in [5, 5.41) is 11.4. The van der Waals surface area contributed by atoms with Crippen LogP contribution < -0.4 is 5.32 Å². The number of amides is 1. The number of carboxylic acids is 1. The number of benzene rings is 1. The fourth-order valence-corrected chi connectivity index (χ4v) is 1.86. The van der Waals surface area contributed by atoms with Gasteiger partial charge < -0.3 is 10.4 Å². The molecule has 0 radical (unpaired) electrons. The Hall–Kier alpha value is -1.62. The molecule has 0 fully saturated rings. The van der Waals surface area contributed by atoms with Crippen LogP contribution in [-0.2, 0) is 9.59 Å².